The highest BCUT2D eigenvalue weighted by atomic mass is 16.2. The molecule has 7 nitrogen and oxygen atoms in total. The predicted octanol–water partition coefficient (Wildman–Crippen LogP) is -0.171. The van der Waals surface area contributed by atoms with Crippen molar-refractivity contribution in [3.8, 4) is 0 Å². The van der Waals surface area contributed by atoms with Gasteiger partial charge in [-0.1, -0.05) is 0 Å². The Morgan fingerprint density at radius 2 is 2.00 bits per heavy atom. The summed E-state index contributed by atoms with van der Waals surface area (Å²) in [6.45, 7) is 3.95. The summed E-state index contributed by atoms with van der Waals surface area (Å²) in [7, 11) is 0. The number of carbonyl (C=O) groups excluding carboxylic acids is 2. The molecule has 1 aromatic heterocycles. The Morgan fingerprint density at radius 1 is 1.26 bits per heavy atom. The molecule has 1 saturated carbocycles. The molecule has 0 bridgehead atoms. The number of anilines is 1. The number of nitrogens with zero attached hydrogens (tertiary/aromatic N) is 3. The van der Waals surface area contributed by atoms with Gasteiger partial charge >= 0.3 is 0 Å². The van der Waals surface area contributed by atoms with Gasteiger partial charge in [-0.15, -0.1) is 0 Å². The second-order valence-electron chi connectivity index (χ2n) is 6.18. The van der Waals surface area contributed by atoms with Crippen molar-refractivity contribution in [3.63, 3.8) is 0 Å². The fourth-order valence-electron chi connectivity index (χ4n) is 2.83. The smallest absolute Gasteiger partial charge is 0.252 e. The number of amides is 2. The molecular formula is C16H23N5O2. The van der Waals surface area contributed by atoms with Crippen molar-refractivity contribution >= 4 is 17.6 Å². The van der Waals surface area contributed by atoms with Crippen LogP contribution in [-0.2, 0) is 4.79 Å². The number of hydrogen-bond acceptors (Lipinski definition) is 5. The molecule has 2 amide bonds. The standard InChI is InChI=1S/C16H23N5O2/c17-15(23)13-2-1-5-19-16(13)21-8-6-20(7-9-21)14(22)11-18-10-12-3-4-12/h1-2,5,12,18H,3-4,6-11H2,(H2,17,23). The Labute approximate surface area is 135 Å². The van der Waals surface area contributed by atoms with Crippen LogP contribution in [0.2, 0.25) is 0 Å². The van der Waals surface area contributed by atoms with Crippen molar-refractivity contribution in [1.29, 1.82) is 0 Å². The first-order valence-corrected chi connectivity index (χ1v) is 8.13. The zero-order chi connectivity index (χ0) is 16.2. The van der Waals surface area contributed by atoms with E-state index in [1.807, 2.05) is 9.80 Å². The molecule has 1 aromatic rings. The number of nitrogens with one attached hydrogen (secondary N) is 1. The zero-order valence-electron chi connectivity index (χ0n) is 13.2. The minimum Gasteiger partial charge on any atom is -0.365 e. The van der Waals surface area contributed by atoms with E-state index in [0.717, 1.165) is 12.5 Å². The van der Waals surface area contributed by atoms with Gasteiger partial charge in [0.2, 0.25) is 5.91 Å². The Bertz CT molecular complexity index is 580. The van der Waals surface area contributed by atoms with Crippen molar-refractivity contribution < 1.29 is 9.59 Å². The topological polar surface area (TPSA) is 91.6 Å². The van der Waals surface area contributed by atoms with E-state index in [1.54, 1.807) is 18.3 Å². The van der Waals surface area contributed by atoms with Crippen LogP contribution in [0.1, 0.15) is 23.2 Å². The van der Waals surface area contributed by atoms with E-state index in [1.165, 1.54) is 12.8 Å². The molecule has 124 valence electrons. The summed E-state index contributed by atoms with van der Waals surface area (Å²) in [5.41, 5.74) is 5.83. The highest BCUT2D eigenvalue weighted by molar-refractivity contribution is 5.97. The van der Waals surface area contributed by atoms with Crippen molar-refractivity contribution in [2.75, 3.05) is 44.2 Å². The summed E-state index contributed by atoms with van der Waals surface area (Å²) >= 11 is 0. The second kappa shape index (κ2) is 6.95. The van der Waals surface area contributed by atoms with Gasteiger partial charge in [-0.3, -0.25) is 9.59 Å². The molecule has 2 heterocycles. The Balaban J connectivity index is 1.51. The molecule has 0 spiro atoms. The van der Waals surface area contributed by atoms with Crippen LogP contribution in [0.25, 0.3) is 0 Å². The van der Waals surface area contributed by atoms with Crippen molar-refractivity contribution in [3.05, 3.63) is 23.9 Å². The number of aromatic nitrogens is 1. The molecule has 3 N–H and O–H groups in total. The first-order valence-electron chi connectivity index (χ1n) is 8.13. The average molecular weight is 317 g/mol. The molecule has 1 aliphatic carbocycles. The summed E-state index contributed by atoms with van der Waals surface area (Å²) in [6, 6.07) is 3.39. The van der Waals surface area contributed by atoms with Gasteiger partial charge in [0, 0.05) is 32.4 Å². The van der Waals surface area contributed by atoms with Gasteiger partial charge < -0.3 is 20.9 Å². The van der Waals surface area contributed by atoms with Gasteiger partial charge in [0.15, 0.2) is 0 Å². The van der Waals surface area contributed by atoms with Crippen LogP contribution < -0.4 is 16.0 Å². The lowest BCUT2D eigenvalue weighted by Gasteiger charge is -2.36. The van der Waals surface area contributed by atoms with Gasteiger partial charge in [-0.2, -0.15) is 0 Å². The SMILES string of the molecule is NC(=O)c1cccnc1N1CCN(C(=O)CNCC2CC2)CC1. The van der Waals surface area contributed by atoms with E-state index in [0.29, 0.717) is 44.1 Å². The van der Waals surface area contributed by atoms with Crippen LogP contribution in [0.4, 0.5) is 5.82 Å². The summed E-state index contributed by atoms with van der Waals surface area (Å²) in [5.74, 6) is 1.05. The fourth-order valence-corrected chi connectivity index (χ4v) is 2.83. The second-order valence-corrected chi connectivity index (χ2v) is 6.18. The minimum absolute atomic E-state index is 0.140. The van der Waals surface area contributed by atoms with E-state index < -0.39 is 5.91 Å². The lowest BCUT2D eigenvalue weighted by atomic mass is 10.2. The van der Waals surface area contributed by atoms with Crippen LogP contribution in [0, 0.1) is 5.92 Å². The third-order valence-corrected chi connectivity index (χ3v) is 4.39. The molecule has 7 heteroatoms. The van der Waals surface area contributed by atoms with E-state index in [4.69, 9.17) is 5.73 Å². The molecule has 2 fully saturated rings. The van der Waals surface area contributed by atoms with Gasteiger partial charge in [-0.05, 0) is 37.4 Å². The van der Waals surface area contributed by atoms with Gasteiger partial charge in [0.25, 0.3) is 5.91 Å². The molecule has 0 radical (unpaired) electrons. The van der Waals surface area contributed by atoms with Crippen LogP contribution in [0.15, 0.2) is 18.3 Å². The first-order chi connectivity index (χ1) is 11.1. The molecular weight excluding hydrogens is 294 g/mol. The summed E-state index contributed by atoms with van der Waals surface area (Å²) in [6.07, 6.45) is 4.22. The molecule has 23 heavy (non-hydrogen) atoms. The maximum Gasteiger partial charge on any atom is 0.252 e. The van der Waals surface area contributed by atoms with Gasteiger partial charge in [-0.25, -0.2) is 4.98 Å². The molecule has 0 atom stereocenters. The normalized spacial score (nSPS) is 18.1. The molecule has 1 aliphatic heterocycles. The highest BCUT2D eigenvalue weighted by Gasteiger charge is 2.25. The lowest BCUT2D eigenvalue weighted by molar-refractivity contribution is -0.130. The number of nitrogens with two attached hydrogens (primary N) is 1. The van der Waals surface area contributed by atoms with Gasteiger partial charge in [0.1, 0.15) is 5.82 Å². The average Bonchev–Trinajstić information content (AvgIpc) is 3.39. The van der Waals surface area contributed by atoms with E-state index >= 15 is 0 Å². The van der Waals surface area contributed by atoms with Crippen LogP contribution >= 0.6 is 0 Å². The molecule has 0 aromatic carbocycles. The van der Waals surface area contributed by atoms with Crippen molar-refractivity contribution in [2.24, 2.45) is 11.7 Å². The third kappa shape index (κ3) is 3.98. The van der Waals surface area contributed by atoms with Gasteiger partial charge in [0.05, 0.1) is 12.1 Å². The maximum atomic E-state index is 12.2. The summed E-state index contributed by atoms with van der Waals surface area (Å²) in [5, 5.41) is 3.23. The van der Waals surface area contributed by atoms with E-state index in [9.17, 15) is 9.59 Å². The van der Waals surface area contributed by atoms with Crippen LogP contribution in [0.5, 0.6) is 0 Å². The molecule has 2 aliphatic rings. The van der Waals surface area contributed by atoms with Crippen LogP contribution in [-0.4, -0.2) is 61.0 Å². The molecule has 1 saturated heterocycles. The quantitative estimate of drug-likeness (QED) is 0.760. The number of primary amides is 1. The summed E-state index contributed by atoms with van der Waals surface area (Å²) < 4.78 is 0. The largest absolute Gasteiger partial charge is 0.365 e. The van der Waals surface area contributed by atoms with Crippen molar-refractivity contribution in [1.82, 2.24) is 15.2 Å². The number of piperazine rings is 1. The Kier molecular flexibility index (Phi) is 4.76. The third-order valence-electron chi connectivity index (χ3n) is 4.39. The van der Waals surface area contributed by atoms with E-state index in [2.05, 4.69) is 10.3 Å². The number of hydrogen-bond donors (Lipinski definition) is 2. The first kappa shape index (κ1) is 15.7. The predicted molar refractivity (Wildman–Crippen MR) is 87.1 cm³/mol. The lowest BCUT2D eigenvalue weighted by Crippen LogP contribution is -2.51. The Hall–Kier alpha value is -2.15. The highest BCUT2D eigenvalue weighted by Crippen LogP contribution is 2.27. The van der Waals surface area contributed by atoms with Crippen molar-refractivity contribution in [2.45, 2.75) is 12.8 Å². The summed E-state index contributed by atoms with van der Waals surface area (Å²) in [4.78, 5) is 31.8. The van der Waals surface area contributed by atoms with Crippen LogP contribution in [0.3, 0.4) is 0 Å². The monoisotopic (exact) mass is 317 g/mol. The fraction of sp³-hybridized carbons (Fsp3) is 0.562. The molecule has 0 unspecified atom stereocenters. The van der Waals surface area contributed by atoms with E-state index in [-0.39, 0.29) is 5.91 Å². The Morgan fingerprint density at radius 3 is 2.65 bits per heavy atom. The number of rotatable bonds is 6. The minimum atomic E-state index is -0.476. The number of pyridine rings is 1. The molecule has 3 rings (SSSR count). The zero-order valence-corrected chi connectivity index (χ0v) is 13.2. The maximum absolute atomic E-state index is 12.2. The number of carbonyl (C=O) groups is 2.